The highest BCUT2D eigenvalue weighted by Crippen LogP contribution is 2.20. The second-order valence-electron chi connectivity index (χ2n) is 7.04. The summed E-state index contributed by atoms with van der Waals surface area (Å²) in [6, 6.07) is 0. The van der Waals surface area contributed by atoms with Crippen molar-refractivity contribution in [2.75, 3.05) is 19.6 Å². The number of piperidine rings is 1. The molecular weight excluding hydrogens is 234 g/mol. The first kappa shape index (κ1) is 17.0. The van der Waals surface area contributed by atoms with Crippen LogP contribution in [0.15, 0.2) is 0 Å². The van der Waals surface area contributed by atoms with Crippen LogP contribution in [-0.4, -0.2) is 36.2 Å². The summed E-state index contributed by atoms with van der Waals surface area (Å²) in [6.07, 6.45) is 11.3. The van der Waals surface area contributed by atoms with Gasteiger partial charge in [0.15, 0.2) is 0 Å². The standard InChI is InChI=1S/C17H35NO/c1-5-6-7-8-9-10-13-18-14-11-16(12-15-18)19-17(2,3)4/h16H,5-15H2,1-4H3. The third-order valence-electron chi connectivity index (χ3n) is 3.88. The molecule has 0 saturated carbocycles. The highest BCUT2D eigenvalue weighted by molar-refractivity contribution is 4.75. The minimum Gasteiger partial charge on any atom is -0.373 e. The first-order valence-electron chi connectivity index (χ1n) is 8.41. The van der Waals surface area contributed by atoms with Crippen molar-refractivity contribution in [3.05, 3.63) is 0 Å². The molecule has 0 bridgehead atoms. The number of rotatable bonds is 8. The van der Waals surface area contributed by atoms with Gasteiger partial charge in [-0.2, -0.15) is 0 Å². The van der Waals surface area contributed by atoms with Crippen molar-refractivity contribution >= 4 is 0 Å². The molecule has 1 fully saturated rings. The van der Waals surface area contributed by atoms with Gasteiger partial charge in [-0.1, -0.05) is 39.0 Å². The van der Waals surface area contributed by atoms with Crippen LogP contribution in [0.4, 0.5) is 0 Å². The lowest BCUT2D eigenvalue weighted by atomic mass is 10.0. The Morgan fingerprint density at radius 2 is 1.53 bits per heavy atom. The van der Waals surface area contributed by atoms with Gasteiger partial charge in [0.2, 0.25) is 0 Å². The van der Waals surface area contributed by atoms with Gasteiger partial charge in [0.1, 0.15) is 0 Å². The monoisotopic (exact) mass is 269 g/mol. The lowest BCUT2D eigenvalue weighted by molar-refractivity contribution is -0.0820. The van der Waals surface area contributed by atoms with E-state index in [2.05, 4.69) is 32.6 Å². The van der Waals surface area contributed by atoms with Gasteiger partial charge in [-0.15, -0.1) is 0 Å². The Labute approximate surface area is 120 Å². The van der Waals surface area contributed by atoms with Crippen molar-refractivity contribution in [1.82, 2.24) is 4.90 Å². The van der Waals surface area contributed by atoms with Crippen LogP contribution in [0.1, 0.15) is 79.1 Å². The highest BCUT2D eigenvalue weighted by Gasteiger charge is 2.23. The van der Waals surface area contributed by atoms with Crippen molar-refractivity contribution in [3.63, 3.8) is 0 Å². The van der Waals surface area contributed by atoms with E-state index in [4.69, 9.17) is 4.74 Å². The normalized spacial score (nSPS) is 18.9. The molecular formula is C17H35NO. The van der Waals surface area contributed by atoms with Crippen LogP contribution in [0.5, 0.6) is 0 Å². The number of likely N-dealkylation sites (tertiary alicyclic amines) is 1. The van der Waals surface area contributed by atoms with E-state index >= 15 is 0 Å². The summed E-state index contributed by atoms with van der Waals surface area (Å²) in [6.45, 7) is 12.5. The molecule has 19 heavy (non-hydrogen) atoms. The fourth-order valence-electron chi connectivity index (χ4n) is 2.87. The van der Waals surface area contributed by atoms with E-state index < -0.39 is 0 Å². The predicted molar refractivity (Wildman–Crippen MR) is 83.7 cm³/mol. The first-order chi connectivity index (χ1) is 9.01. The van der Waals surface area contributed by atoms with Gasteiger partial charge in [-0.05, 0) is 46.6 Å². The fraction of sp³-hybridized carbons (Fsp3) is 1.00. The molecule has 0 amide bonds. The molecule has 0 aromatic heterocycles. The number of hydrogen-bond donors (Lipinski definition) is 0. The Kier molecular flexibility index (Phi) is 8.01. The van der Waals surface area contributed by atoms with Crippen LogP contribution in [0.25, 0.3) is 0 Å². The van der Waals surface area contributed by atoms with Gasteiger partial charge < -0.3 is 9.64 Å². The summed E-state index contributed by atoms with van der Waals surface area (Å²) in [5, 5.41) is 0. The van der Waals surface area contributed by atoms with Crippen molar-refractivity contribution in [2.24, 2.45) is 0 Å². The molecule has 1 aliphatic rings. The zero-order chi connectivity index (χ0) is 14.1. The van der Waals surface area contributed by atoms with Gasteiger partial charge in [0.25, 0.3) is 0 Å². The molecule has 0 radical (unpaired) electrons. The summed E-state index contributed by atoms with van der Waals surface area (Å²) < 4.78 is 6.07. The Hall–Kier alpha value is -0.0800. The van der Waals surface area contributed by atoms with Crippen LogP contribution < -0.4 is 0 Å². The largest absolute Gasteiger partial charge is 0.373 e. The van der Waals surface area contributed by atoms with E-state index in [0.29, 0.717) is 6.10 Å². The summed E-state index contributed by atoms with van der Waals surface area (Å²) in [4.78, 5) is 2.63. The van der Waals surface area contributed by atoms with Gasteiger partial charge in [0, 0.05) is 13.1 Å². The Balaban J connectivity index is 2.01. The van der Waals surface area contributed by atoms with Crippen LogP contribution in [0, 0.1) is 0 Å². The van der Waals surface area contributed by atoms with Crippen molar-refractivity contribution in [1.29, 1.82) is 0 Å². The molecule has 1 rings (SSSR count). The predicted octanol–water partition coefficient (Wildman–Crippen LogP) is 4.63. The van der Waals surface area contributed by atoms with Crippen LogP contribution >= 0.6 is 0 Å². The zero-order valence-electron chi connectivity index (χ0n) is 13.7. The van der Waals surface area contributed by atoms with E-state index in [1.807, 2.05) is 0 Å². The second kappa shape index (κ2) is 8.97. The molecule has 0 unspecified atom stereocenters. The van der Waals surface area contributed by atoms with E-state index in [-0.39, 0.29) is 5.60 Å². The average molecular weight is 269 g/mol. The first-order valence-corrected chi connectivity index (χ1v) is 8.41. The molecule has 0 spiro atoms. The van der Waals surface area contributed by atoms with Gasteiger partial charge in [-0.3, -0.25) is 0 Å². The summed E-state index contributed by atoms with van der Waals surface area (Å²) in [5.41, 5.74) is 0.0200. The molecule has 0 atom stereocenters. The Bertz CT molecular complexity index is 214. The molecule has 1 saturated heterocycles. The number of nitrogens with zero attached hydrogens (tertiary/aromatic N) is 1. The van der Waals surface area contributed by atoms with Crippen molar-refractivity contribution in [3.8, 4) is 0 Å². The summed E-state index contributed by atoms with van der Waals surface area (Å²) in [7, 11) is 0. The number of ether oxygens (including phenoxy) is 1. The molecule has 1 aliphatic heterocycles. The quantitative estimate of drug-likeness (QED) is 0.596. The molecule has 1 heterocycles. The van der Waals surface area contributed by atoms with Gasteiger partial charge in [0.05, 0.1) is 11.7 Å². The molecule has 114 valence electrons. The third-order valence-corrected chi connectivity index (χ3v) is 3.88. The molecule has 2 heteroatoms. The van der Waals surface area contributed by atoms with Gasteiger partial charge in [-0.25, -0.2) is 0 Å². The SMILES string of the molecule is CCCCCCCCN1CCC(OC(C)(C)C)CC1. The summed E-state index contributed by atoms with van der Waals surface area (Å²) in [5.74, 6) is 0. The number of hydrogen-bond acceptors (Lipinski definition) is 2. The average Bonchev–Trinajstić information content (AvgIpc) is 2.34. The van der Waals surface area contributed by atoms with Crippen molar-refractivity contribution in [2.45, 2.75) is 90.8 Å². The van der Waals surface area contributed by atoms with Crippen LogP contribution in [0.2, 0.25) is 0 Å². The Morgan fingerprint density at radius 1 is 0.947 bits per heavy atom. The molecule has 0 N–H and O–H groups in total. The Morgan fingerprint density at radius 3 is 2.11 bits per heavy atom. The van der Waals surface area contributed by atoms with E-state index in [0.717, 1.165) is 0 Å². The smallest absolute Gasteiger partial charge is 0.0606 e. The maximum atomic E-state index is 6.07. The molecule has 0 aliphatic carbocycles. The molecule has 0 aromatic carbocycles. The topological polar surface area (TPSA) is 12.5 Å². The highest BCUT2D eigenvalue weighted by atomic mass is 16.5. The minimum atomic E-state index is 0.0200. The summed E-state index contributed by atoms with van der Waals surface area (Å²) >= 11 is 0. The molecule has 2 nitrogen and oxygen atoms in total. The zero-order valence-corrected chi connectivity index (χ0v) is 13.7. The number of unbranched alkanes of at least 4 members (excludes halogenated alkanes) is 5. The lowest BCUT2D eigenvalue weighted by Gasteiger charge is -2.35. The van der Waals surface area contributed by atoms with Crippen LogP contribution in [-0.2, 0) is 4.74 Å². The van der Waals surface area contributed by atoms with E-state index in [1.54, 1.807) is 0 Å². The van der Waals surface area contributed by atoms with Crippen LogP contribution in [0.3, 0.4) is 0 Å². The lowest BCUT2D eigenvalue weighted by Crippen LogP contribution is -2.40. The fourth-order valence-corrected chi connectivity index (χ4v) is 2.87. The third kappa shape index (κ3) is 8.65. The van der Waals surface area contributed by atoms with E-state index in [9.17, 15) is 0 Å². The second-order valence-corrected chi connectivity index (χ2v) is 7.04. The molecule has 0 aromatic rings. The van der Waals surface area contributed by atoms with Gasteiger partial charge >= 0.3 is 0 Å². The van der Waals surface area contributed by atoms with Crippen molar-refractivity contribution < 1.29 is 4.74 Å². The minimum absolute atomic E-state index is 0.0200. The maximum Gasteiger partial charge on any atom is 0.0606 e. The van der Waals surface area contributed by atoms with E-state index in [1.165, 1.54) is 71.0 Å². The maximum absolute atomic E-state index is 6.07.